The molecular weight excluding hydrogens is 436 g/mol. The number of hydrogen-bond acceptors (Lipinski definition) is 7. The van der Waals surface area contributed by atoms with E-state index in [1.807, 2.05) is 0 Å². The molecule has 2 rings (SSSR count). The zero-order chi connectivity index (χ0) is 24.7. The highest BCUT2D eigenvalue weighted by molar-refractivity contribution is 5.95. The van der Waals surface area contributed by atoms with Gasteiger partial charge in [0.2, 0.25) is 17.7 Å². The molecule has 0 saturated carbocycles. The number of likely N-dealkylation sites (tertiary alicyclic amines) is 1. The van der Waals surface area contributed by atoms with Gasteiger partial charge in [-0.1, -0.05) is 12.1 Å². The molecule has 1 saturated heterocycles. The molecule has 1 aliphatic heterocycles. The van der Waals surface area contributed by atoms with Crippen LogP contribution in [0.3, 0.4) is 0 Å². The number of carboxylic acids is 2. The Morgan fingerprint density at radius 3 is 2.33 bits per heavy atom. The number of nitrogens with zero attached hydrogens (tertiary/aromatic N) is 1. The number of amides is 3. The summed E-state index contributed by atoms with van der Waals surface area (Å²) in [6, 6.07) is 1.34. The van der Waals surface area contributed by atoms with Crippen LogP contribution < -0.4 is 16.4 Å². The molecule has 0 aromatic heterocycles. The fraction of sp³-hybridized carbons (Fsp3) is 0.476. The average molecular weight is 464 g/mol. The molecule has 0 bridgehead atoms. The summed E-state index contributed by atoms with van der Waals surface area (Å²) in [4.78, 5) is 61.5. The zero-order valence-electron chi connectivity index (χ0n) is 18.1. The van der Waals surface area contributed by atoms with Crippen molar-refractivity contribution in [1.29, 1.82) is 0 Å². The second-order valence-corrected chi connectivity index (χ2v) is 7.89. The number of carbonyl (C=O) groups excluding carboxylic acids is 3. The lowest BCUT2D eigenvalue weighted by molar-refractivity contribution is -0.144. The number of aliphatic carboxylic acids is 2. The summed E-state index contributed by atoms with van der Waals surface area (Å²) in [5, 5.41) is 32.2. The minimum Gasteiger partial charge on any atom is -0.508 e. The first-order valence-corrected chi connectivity index (χ1v) is 10.4. The molecule has 3 amide bonds. The molecule has 4 unspecified atom stereocenters. The van der Waals surface area contributed by atoms with Gasteiger partial charge in [0.05, 0.1) is 12.5 Å². The van der Waals surface area contributed by atoms with Crippen LogP contribution in [0, 0.1) is 0 Å². The Morgan fingerprint density at radius 2 is 1.76 bits per heavy atom. The quantitative estimate of drug-likeness (QED) is 0.246. The molecule has 0 radical (unpaired) electrons. The van der Waals surface area contributed by atoms with E-state index in [0.717, 1.165) is 0 Å². The van der Waals surface area contributed by atoms with Crippen LogP contribution in [-0.4, -0.2) is 80.6 Å². The minimum atomic E-state index is -1.38. The van der Waals surface area contributed by atoms with Crippen LogP contribution in [0.15, 0.2) is 24.3 Å². The molecular formula is C21H28N4O8. The number of benzene rings is 1. The lowest BCUT2D eigenvalue weighted by Gasteiger charge is -2.29. The van der Waals surface area contributed by atoms with Gasteiger partial charge in [-0.15, -0.1) is 0 Å². The van der Waals surface area contributed by atoms with Gasteiger partial charge >= 0.3 is 11.9 Å². The smallest absolute Gasteiger partial charge is 0.325 e. The molecule has 7 N–H and O–H groups in total. The predicted molar refractivity (Wildman–Crippen MR) is 114 cm³/mol. The van der Waals surface area contributed by atoms with E-state index in [4.69, 9.17) is 15.9 Å². The van der Waals surface area contributed by atoms with Gasteiger partial charge in [0.25, 0.3) is 0 Å². The van der Waals surface area contributed by atoms with Crippen molar-refractivity contribution in [1.82, 2.24) is 15.5 Å². The molecule has 33 heavy (non-hydrogen) atoms. The van der Waals surface area contributed by atoms with Crippen molar-refractivity contribution in [3.63, 3.8) is 0 Å². The van der Waals surface area contributed by atoms with E-state index in [1.165, 1.54) is 24.0 Å². The van der Waals surface area contributed by atoms with Crippen molar-refractivity contribution in [2.75, 3.05) is 6.54 Å². The van der Waals surface area contributed by atoms with Crippen LogP contribution in [0.5, 0.6) is 5.75 Å². The third-order valence-electron chi connectivity index (χ3n) is 5.29. The summed E-state index contributed by atoms with van der Waals surface area (Å²) < 4.78 is 0. The van der Waals surface area contributed by atoms with Gasteiger partial charge in [0.1, 0.15) is 23.9 Å². The van der Waals surface area contributed by atoms with Crippen molar-refractivity contribution in [3.05, 3.63) is 29.8 Å². The summed E-state index contributed by atoms with van der Waals surface area (Å²) in [6.45, 7) is 1.53. The maximum atomic E-state index is 13.3. The molecule has 1 aromatic rings. The molecule has 1 fully saturated rings. The maximum Gasteiger partial charge on any atom is 0.325 e. The Kier molecular flexibility index (Phi) is 8.74. The fourth-order valence-electron chi connectivity index (χ4n) is 3.50. The Balaban J connectivity index is 2.22. The van der Waals surface area contributed by atoms with E-state index in [9.17, 15) is 29.1 Å². The third-order valence-corrected chi connectivity index (χ3v) is 5.29. The molecule has 1 aliphatic rings. The molecule has 1 heterocycles. The Hall–Kier alpha value is -3.67. The third kappa shape index (κ3) is 7.17. The molecule has 0 spiro atoms. The highest BCUT2D eigenvalue weighted by Crippen LogP contribution is 2.20. The van der Waals surface area contributed by atoms with Crippen molar-refractivity contribution in [3.8, 4) is 5.75 Å². The molecule has 4 atom stereocenters. The van der Waals surface area contributed by atoms with Crippen molar-refractivity contribution in [2.45, 2.75) is 56.8 Å². The average Bonchev–Trinajstić information content (AvgIpc) is 3.23. The lowest BCUT2D eigenvalue weighted by atomic mass is 10.0. The summed E-state index contributed by atoms with van der Waals surface area (Å²) >= 11 is 0. The monoisotopic (exact) mass is 464 g/mol. The molecule has 0 aliphatic carbocycles. The van der Waals surface area contributed by atoms with Gasteiger partial charge in [0.15, 0.2) is 0 Å². The molecule has 12 heteroatoms. The highest BCUT2D eigenvalue weighted by Gasteiger charge is 2.38. The minimum absolute atomic E-state index is 0.00100. The summed E-state index contributed by atoms with van der Waals surface area (Å²) in [5.74, 6) is -4.52. The number of phenolic OH excluding ortho intramolecular Hbond substituents is 1. The molecule has 12 nitrogen and oxygen atoms in total. The number of rotatable bonds is 10. The van der Waals surface area contributed by atoms with Crippen LogP contribution in [0.2, 0.25) is 0 Å². The van der Waals surface area contributed by atoms with E-state index < -0.39 is 60.2 Å². The number of nitrogens with one attached hydrogen (secondary N) is 2. The van der Waals surface area contributed by atoms with Gasteiger partial charge in [-0.25, -0.2) is 0 Å². The van der Waals surface area contributed by atoms with Gasteiger partial charge in [-0.05, 0) is 37.5 Å². The maximum absolute atomic E-state index is 13.3. The SMILES string of the molecule is CC(NC(=O)C1CCCN1C(=O)C(Cc1ccc(O)cc1)NC(=O)C(N)CC(=O)O)C(=O)O. The van der Waals surface area contributed by atoms with E-state index in [1.54, 1.807) is 12.1 Å². The normalized spacial score (nSPS) is 18.1. The van der Waals surface area contributed by atoms with Crippen LogP contribution in [-0.2, 0) is 30.4 Å². The zero-order valence-corrected chi connectivity index (χ0v) is 18.1. The van der Waals surface area contributed by atoms with Crippen LogP contribution in [0.4, 0.5) is 0 Å². The van der Waals surface area contributed by atoms with Crippen LogP contribution >= 0.6 is 0 Å². The van der Waals surface area contributed by atoms with Crippen molar-refractivity contribution >= 4 is 29.7 Å². The Bertz CT molecular complexity index is 904. The summed E-state index contributed by atoms with van der Waals surface area (Å²) in [6.07, 6.45) is 0.195. The first-order chi connectivity index (χ1) is 15.5. The fourth-order valence-corrected chi connectivity index (χ4v) is 3.50. The van der Waals surface area contributed by atoms with E-state index >= 15 is 0 Å². The number of hydrogen-bond donors (Lipinski definition) is 6. The lowest BCUT2D eigenvalue weighted by Crippen LogP contribution is -2.57. The predicted octanol–water partition coefficient (Wildman–Crippen LogP) is -1.20. The van der Waals surface area contributed by atoms with Crippen LogP contribution in [0.25, 0.3) is 0 Å². The molecule has 180 valence electrons. The van der Waals surface area contributed by atoms with E-state index in [-0.39, 0.29) is 18.7 Å². The van der Waals surface area contributed by atoms with Gasteiger partial charge < -0.3 is 36.6 Å². The second-order valence-electron chi connectivity index (χ2n) is 7.89. The number of nitrogens with two attached hydrogens (primary N) is 1. The van der Waals surface area contributed by atoms with Gasteiger partial charge in [-0.2, -0.15) is 0 Å². The molecule has 1 aromatic carbocycles. The van der Waals surface area contributed by atoms with E-state index in [2.05, 4.69) is 10.6 Å². The summed E-state index contributed by atoms with van der Waals surface area (Å²) in [5.41, 5.74) is 6.22. The van der Waals surface area contributed by atoms with Crippen LogP contribution in [0.1, 0.15) is 31.7 Å². The largest absolute Gasteiger partial charge is 0.508 e. The highest BCUT2D eigenvalue weighted by atomic mass is 16.4. The van der Waals surface area contributed by atoms with Crippen molar-refractivity contribution < 1.29 is 39.3 Å². The number of carboxylic acid groups (broad SMARTS) is 2. The Labute approximate surface area is 189 Å². The van der Waals surface area contributed by atoms with Crippen molar-refractivity contribution in [2.24, 2.45) is 5.73 Å². The Morgan fingerprint density at radius 1 is 1.12 bits per heavy atom. The second kappa shape index (κ2) is 11.3. The summed E-state index contributed by atoms with van der Waals surface area (Å²) in [7, 11) is 0. The number of phenols is 1. The number of carbonyl (C=O) groups is 5. The number of aromatic hydroxyl groups is 1. The van der Waals surface area contributed by atoms with Gasteiger partial charge in [0, 0.05) is 13.0 Å². The van der Waals surface area contributed by atoms with E-state index in [0.29, 0.717) is 18.4 Å². The first kappa shape index (κ1) is 25.6. The topological polar surface area (TPSA) is 199 Å². The standard InChI is InChI=1S/C21H28N4O8/c1-11(21(32)33)23-19(30)16-3-2-8-25(16)20(31)15(9-12-4-6-13(26)7-5-12)24-18(29)14(22)10-17(27)28/h4-7,11,14-16,26H,2-3,8-10,22H2,1H3,(H,23,30)(H,24,29)(H,27,28)(H,32,33). The van der Waals surface area contributed by atoms with Gasteiger partial charge in [-0.3, -0.25) is 24.0 Å². The first-order valence-electron chi connectivity index (χ1n) is 10.4.